The van der Waals surface area contributed by atoms with Gasteiger partial charge in [0.1, 0.15) is 6.61 Å². The first-order chi connectivity index (χ1) is 6.74. The summed E-state index contributed by atoms with van der Waals surface area (Å²) in [4.78, 5) is 22.2. The van der Waals surface area contributed by atoms with Crippen LogP contribution >= 0.6 is 0 Å². The van der Waals surface area contributed by atoms with Crippen LogP contribution in [0.1, 0.15) is 25.7 Å². The van der Waals surface area contributed by atoms with Gasteiger partial charge in [0.25, 0.3) is 0 Å². The van der Waals surface area contributed by atoms with E-state index in [0.717, 1.165) is 6.42 Å². The molecule has 4 heteroatoms. The van der Waals surface area contributed by atoms with E-state index in [1.165, 1.54) is 0 Å². The topological polar surface area (TPSA) is 67.2 Å². The molecule has 0 heterocycles. The summed E-state index contributed by atoms with van der Waals surface area (Å²) in [6, 6.07) is 1.87. The van der Waals surface area contributed by atoms with Crippen LogP contribution in [0.25, 0.3) is 0 Å². The first-order valence-corrected chi connectivity index (χ1v) is 4.49. The molecule has 0 fully saturated rings. The lowest BCUT2D eigenvalue weighted by atomic mass is 10.1. The smallest absolute Gasteiger partial charge is 0.310 e. The van der Waals surface area contributed by atoms with Gasteiger partial charge in [0.2, 0.25) is 0 Å². The third-order valence-corrected chi connectivity index (χ3v) is 1.93. The average molecular weight is 193 g/mol. The number of nitrogens with zero attached hydrogens (tertiary/aromatic N) is 1. The van der Waals surface area contributed by atoms with E-state index in [-0.39, 0.29) is 25.2 Å². The molecular weight excluding hydrogens is 182 g/mol. The van der Waals surface area contributed by atoms with E-state index >= 15 is 0 Å². The van der Waals surface area contributed by atoms with E-state index in [2.05, 4.69) is 0 Å². The molecule has 0 saturated heterocycles. The number of hydrogen-bond donors (Lipinski definition) is 0. The van der Waals surface area contributed by atoms with Crippen LogP contribution in [0, 0.1) is 11.3 Å². The Morgan fingerprint density at radius 3 is 3.00 bits per heavy atom. The summed E-state index contributed by atoms with van der Waals surface area (Å²) < 4.78 is 4.74. The number of ketones is 1. The Labute approximate surface area is 82.2 Å². The maximum atomic E-state index is 11.1. The largest absolute Gasteiger partial charge is 0.464 e. The molecule has 0 aromatic rings. The Morgan fingerprint density at radius 2 is 2.43 bits per heavy atom. The molecule has 0 saturated carbocycles. The van der Waals surface area contributed by atoms with Crippen LogP contribution in [0.2, 0.25) is 0 Å². The van der Waals surface area contributed by atoms with Gasteiger partial charge in [-0.05, 0) is 6.42 Å². The highest BCUT2D eigenvalue weighted by atomic mass is 16.5. The number of carbonyl (C=O) groups excluding carboxylic acids is 2. The Hall–Kier alpha value is -1.63. The molecule has 74 valence electrons. The van der Waals surface area contributed by atoms with Crippen molar-refractivity contribution in [1.29, 1.82) is 5.26 Å². The highest BCUT2D eigenvalue weighted by Crippen LogP contribution is 2.17. The molecule has 0 unspecified atom stereocenters. The molecular formula is C10H11NO3. The van der Waals surface area contributed by atoms with Gasteiger partial charge in [-0.25, -0.2) is 0 Å². The number of ether oxygens (including phenoxy) is 1. The first-order valence-electron chi connectivity index (χ1n) is 4.49. The fraction of sp³-hybridized carbons (Fsp3) is 0.500. The molecule has 1 aliphatic rings. The number of nitriles is 1. The number of allylic oxidation sites excluding steroid dienone is 1. The summed E-state index contributed by atoms with van der Waals surface area (Å²) in [6.07, 6.45) is 3.23. The molecule has 0 aliphatic heterocycles. The Bertz CT molecular complexity index is 312. The van der Waals surface area contributed by atoms with Crippen molar-refractivity contribution in [2.24, 2.45) is 0 Å². The summed E-state index contributed by atoms with van der Waals surface area (Å²) in [5.74, 6) is -0.399. The second-order valence-corrected chi connectivity index (χ2v) is 3.00. The lowest BCUT2D eigenvalue weighted by Gasteiger charge is -2.01. The van der Waals surface area contributed by atoms with Gasteiger partial charge in [-0.15, -0.1) is 0 Å². The van der Waals surface area contributed by atoms with Crippen molar-refractivity contribution in [3.63, 3.8) is 0 Å². The average Bonchev–Trinajstić information content (AvgIpc) is 2.52. The maximum Gasteiger partial charge on any atom is 0.310 e. The van der Waals surface area contributed by atoms with E-state index in [0.29, 0.717) is 12.0 Å². The van der Waals surface area contributed by atoms with Crippen LogP contribution < -0.4 is 0 Å². The van der Waals surface area contributed by atoms with Crippen LogP contribution in [-0.2, 0) is 14.3 Å². The summed E-state index contributed by atoms with van der Waals surface area (Å²) in [5, 5.41) is 8.20. The molecule has 0 spiro atoms. The molecule has 0 amide bonds. The van der Waals surface area contributed by atoms with Crippen LogP contribution in [0.15, 0.2) is 11.6 Å². The number of rotatable bonds is 4. The Balaban J connectivity index is 2.27. The summed E-state index contributed by atoms with van der Waals surface area (Å²) in [7, 11) is 0. The zero-order valence-electron chi connectivity index (χ0n) is 7.78. The number of Topliss-reactive ketones (excluding diaryl/α,β-unsaturated/α-hetero) is 1. The van der Waals surface area contributed by atoms with Gasteiger partial charge >= 0.3 is 5.97 Å². The summed E-state index contributed by atoms with van der Waals surface area (Å²) in [5.41, 5.74) is 0.548. The Morgan fingerprint density at radius 1 is 1.64 bits per heavy atom. The number of carbonyl (C=O) groups is 2. The van der Waals surface area contributed by atoms with Crippen LogP contribution in [0.3, 0.4) is 0 Å². The lowest BCUT2D eigenvalue weighted by Crippen LogP contribution is -2.09. The van der Waals surface area contributed by atoms with E-state index in [1.54, 1.807) is 6.08 Å². The predicted molar refractivity (Wildman–Crippen MR) is 48.1 cm³/mol. The zero-order chi connectivity index (χ0) is 10.4. The minimum absolute atomic E-state index is 0.0298. The predicted octanol–water partition coefficient (Wildman–Crippen LogP) is 1.12. The van der Waals surface area contributed by atoms with Crippen molar-refractivity contribution in [3.05, 3.63) is 11.6 Å². The third kappa shape index (κ3) is 3.02. The van der Waals surface area contributed by atoms with Gasteiger partial charge in [-0.3, -0.25) is 9.59 Å². The van der Waals surface area contributed by atoms with Gasteiger partial charge in [0, 0.05) is 12.0 Å². The quantitative estimate of drug-likeness (QED) is 0.495. The fourth-order valence-corrected chi connectivity index (χ4v) is 1.24. The maximum absolute atomic E-state index is 11.1. The third-order valence-electron chi connectivity index (χ3n) is 1.93. The molecule has 0 radical (unpaired) electrons. The monoisotopic (exact) mass is 193 g/mol. The van der Waals surface area contributed by atoms with Crippen molar-refractivity contribution in [3.8, 4) is 6.07 Å². The Kier molecular flexibility index (Phi) is 3.86. The van der Waals surface area contributed by atoms with Gasteiger partial charge in [0.05, 0.1) is 18.9 Å². The first kappa shape index (κ1) is 10.5. The summed E-state index contributed by atoms with van der Waals surface area (Å²) >= 11 is 0. The van der Waals surface area contributed by atoms with Crippen molar-refractivity contribution >= 4 is 11.8 Å². The molecule has 0 N–H and O–H groups in total. The van der Waals surface area contributed by atoms with Crippen molar-refractivity contribution in [1.82, 2.24) is 0 Å². The number of hydrogen-bond acceptors (Lipinski definition) is 4. The van der Waals surface area contributed by atoms with Crippen molar-refractivity contribution < 1.29 is 14.3 Å². The van der Waals surface area contributed by atoms with E-state index in [9.17, 15) is 9.59 Å². The summed E-state index contributed by atoms with van der Waals surface area (Å²) in [6.45, 7) is 0.108. The second-order valence-electron chi connectivity index (χ2n) is 3.00. The minimum Gasteiger partial charge on any atom is -0.464 e. The van der Waals surface area contributed by atoms with Gasteiger partial charge in [-0.1, -0.05) is 6.08 Å². The van der Waals surface area contributed by atoms with E-state index in [4.69, 9.17) is 10.00 Å². The second kappa shape index (κ2) is 5.18. The standard InChI is InChI=1S/C10H11NO3/c11-5-2-6-14-10(13)7-8-3-1-4-9(8)12/h3H,1-2,4,6-7H2. The SMILES string of the molecule is N#CCCOC(=O)CC1=CCCC1=O. The van der Waals surface area contributed by atoms with Gasteiger partial charge in [-0.2, -0.15) is 5.26 Å². The van der Waals surface area contributed by atoms with E-state index < -0.39 is 5.97 Å². The molecule has 1 aliphatic carbocycles. The van der Waals surface area contributed by atoms with Gasteiger partial charge < -0.3 is 4.74 Å². The van der Waals surface area contributed by atoms with Crippen molar-refractivity contribution in [2.75, 3.05) is 6.61 Å². The van der Waals surface area contributed by atoms with Crippen LogP contribution in [0.4, 0.5) is 0 Å². The van der Waals surface area contributed by atoms with E-state index in [1.807, 2.05) is 6.07 Å². The van der Waals surface area contributed by atoms with Gasteiger partial charge in [0.15, 0.2) is 5.78 Å². The van der Waals surface area contributed by atoms with Crippen molar-refractivity contribution in [2.45, 2.75) is 25.7 Å². The molecule has 14 heavy (non-hydrogen) atoms. The fourth-order valence-electron chi connectivity index (χ4n) is 1.24. The molecule has 0 aromatic heterocycles. The highest BCUT2D eigenvalue weighted by molar-refractivity contribution is 6.01. The molecule has 0 atom stereocenters. The molecule has 0 aromatic carbocycles. The lowest BCUT2D eigenvalue weighted by molar-refractivity contribution is -0.143. The van der Waals surface area contributed by atoms with Crippen LogP contribution in [-0.4, -0.2) is 18.4 Å². The number of esters is 1. The highest BCUT2D eigenvalue weighted by Gasteiger charge is 2.18. The molecule has 1 rings (SSSR count). The zero-order valence-corrected chi connectivity index (χ0v) is 7.78. The molecule has 0 bridgehead atoms. The normalized spacial score (nSPS) is 14.8. The van der Waals surface area contributed by atoms with Crippen LogP contribution in [0.5, 0.6) is 0 Å². The minimum atomic E-state index is -0.429. The molecule has 4 nitrogen and oxygen atoms in total.